The number of hydrogen-bond donors (Lipinski definition) is 2. The third kappa shape index (κ3) is 3.83. The van der Waals surface area contributed by atoms with E-state index in [9.17, 15) is 15.0 Å². The average molecular weight is 489 g/mol. The summed E-state index contributed by atoms with van der Waals surface area (Å²) in [7, 11) is 1.59. The van der Waals surface area contributed by atoms with Gasteiger partial charge in [0.05, 0.1) is 11.7 Å². The Morgan fingerprint density at radius 3 is 2.37 bits per heavy atom. The van der Waals surface area contributed by atoms with Gasteiger partial charge in [0.15, 0.2) is 0 Å². The SMILES string of the molecule is COC(C)(C)C(O)C(O)CC(C)C1CC[C@]2(C)C3=CCC4C(C)(C)C(=O)CC[C@]4(C)C3CC[C@@]12C. The maximum absolute atomic E-state index is 12.8. The van der Waals surface area contributed by atoms with Crippen LogP contribution in [-0.4, -0.2) is 40.9 Å². The van der Waals surface area contributed by atoms with E-state index in [0.29, 0.717) is 35.9 Å². The summed E-state index contributed by atoms with van der Waals surface area (Å²) in [5.41, 5.74) is 1.27. The average Bonchev–Trinajstić information content (AvgIpc) is 3.07. The van der Waals surface area contributed by atoms with E-state index >= 15 is 0 Å². The van der Waals surface area contributed by atoms with Gasteiger partial charge >= 0.3 is 0 Å². The number of ketones is 1. The van der Waals surface area contributed by atoms with Crippen molar-refractivity contribution in [3.63, 3.8) is 0 Å². The number of allylic oxidation sites excluding steroid dienone is 2. The Kier molecular flexibility index (Phi) is 6.77. The van der Waals surface area contributed by atoms with Gasteiger partial charge in [0.1, 0.15) is 11.9 Å². The Morgan fingerprint density at radius 2 is 1.74 bits per heavy atom. The molecular formula is C31H52O4. The lowest BCUT2D eigenvalue weighted by Crippen LogP contribution is -2.57. The van der Waals surface area contributed by atoms with E-state index in [2.05, 4.69) is 47.6 Å². The fraction of sp³-hybridized carbons (Fsp3) is 0.903. The van der Waals surface area contributed by atoms with Crippen molar-refractivity contribution < 1.29 is 19.7 Å². The summed E-state index contributed by atoms with van der Waals surface area (Å²) in [6, 6.07) is 0. The number of ether oxygens (including phenoxy) is 1. The van der Waals surface area contributed by atoms with Gasteiger partial charge in [0.25, 0.3) is 0 Å². The van der Waals surface area contributed by atoms with Gasteiger partial charge in [-0.05, 0) is 98.7 Å². The van der Waals surface area contributed by atoms with Crippen LogP contribution in [0.25, 0.3) is 0 Å². The van der Waals surface area contributed by atoms with Crippen molar-refractivity contribution in [1.82, 2.24) is 0 Å². The topological polar surface area (TPSA) is 66.8 Å². The predicted molar refractivity (Wildman–Crippen MR) is 141 cm³/mol. The van der Waals surface area contributed by atoms with Gasteiger partial charge in [-0.3, -0.25) is 4.79 Å². The van der Waals surface area contributed by atoms with Crippen molar-refractivity contribution in [3.05, 3.63) is 11.6 Å². The Hall–Kier alpha value is -0.710. The highest BCUT2D eigenvalue weighted by atomic mass is 16.5. The van der Waals surface area contributed by atoms with Crippen molar-refractivity contribution in [2.24, 2.45) is 45.3 Å². The third-order valence-corrected chi connectivity index (χ3v) is 12.5. The first kappa shape index (κ1) is 27.3. The highest BCUT2D eigenvalue weighted by molar-refractivity contribution is 5.85. The van der Waals surface area contributed by atoms with Crippen LogP contribution in [0, 0.1) is 45.3 Å². The summed E-state index contributed by atoms with van der Waals surface area (Å²) in [4.78, 5) is 12.8. The first-order valence-electron chi connectivity index (χ1n) is 14.2. The molecule has 0 amide bonds. The van der Waals surface area contributed by atoms with Gasteiger partial charge in [0, 0.05) is 18.9 Å². The molecule has 2 N–H and O–H groups in total. The van der Waals surface area contributed by atoms with Gasteiger partial charge < -0.3 is 14.9 Å². The normalized spacial score (nSPS) is 43.5. The van der Waals surface area contributed by atoms with E-state index in [1.165, 1.54) is 25.7 Å². The second-order valence-electron chi connectivity index (χ2n) is 14.6. The molecule has 0 radical (unpaired) electrons. The van der Waals surface area contributed by atoms with Crippen molar-refractivity contribution in [2.75, 3.05) is 7.11 Å². The molecule has 0 bridgehead atoms. The summed E-state index contributed by atoms with van der Waals surface area (Å²) in [5.74, 6) is 2.33. The summed E-state index contributed by atoms with van der Waals surface area (Å²) in [6.07, 6.45) is 9.08. The highest BCUT2D eigenvalue weighted by Gasteiger charge is 2.65. The zero-order valence-corrected chi connectivity index (χ0v) is 23.9. The van der Waals surface area contributed by atoms with E-state index in [0.717, 1.165) is 19.3 Å². The molecule has 9 atom stereocenters. The zero-order valence-electron chi connectivity index (χ0n) is 23.9. The molecule has 4 aliphatic carbocycles. The molecule has 4 rings (SSSR count). The molecule has 3 saturated carbocycles. The quantitative estimate of drug-likeness (QED) is 0.429. The number of hydrogen-bond acceptors (Lipinski definition) is 4. The lowest BCUT2D eigenvalue weighted by atomic mass is 9.41. The number of carbonyl (C=O) groups is 1. The van der Waals surface area contributed by atoms with Crippen LogP contribution in [-0.2, 0) is 9.53 Å². The fourth-order valence-corrected chi connectivity index (χ4v) is 9.72. The number of carbonyl (C=O) groups excluding carboxylic acids is 1. The number of aliphatic hydroxyl groups is 2. The number of rotatable bonds is 6. The highest BCUT2D eigenvalue weighted by Crippen LogP contribution is 2.73. The molecular weight excluding hydrogens is 436 g/mol. The summed E-state index contributed by atoms with van der Waals surface area (Å²) in [6.45, 7) is 17.9. The van der Waals surface area contributed by atoms with Gasteiger partial charge in [0.2, 0.25) is 0 Å². The molecule has 0 aromatic carbocycles. The molecule has 0 aliphatic heterocycles. The standard InChI is InChI=1S/C31H52O4/c1-19(18-23(32)26(34)28(4,5)35-9)20-12-16-31(8)22-10-11-24-27(2,3)25(33)14-15-29(24,6)21(22)13-17-30(20,31)7/h10,19-21,23-24,26,32,34H,11-18H2,1-9H3/t19?,20?,21?,23?,24?,26?,29-,30+,31-/m1/s1. The summed E-state index contributed by atoms with van der Waals surface area (Å²) < 4.78 is 5.44. The van der Waals surface area contributed by atoms with E-state index in [-0.39, 0.29) is 21.7 Å². The molecule has 0 heterocycles. The largest absolute Gasteiger partial charge is 0.390 e. The molecule has 0 spiro atoms. The van der Waals surface area contributed by atoms with E-state index in [1.807, 2.05) is 13.8 Å². The second-order valence-corrected chi connectivity index (χ2v) is 14.6. The monoisotopic (exact) mass is 488 g/mol. The molecule has 0 aromatic heterocycles. The van der Waals surface area contributed by atoms with Gasteiger partial charge in [-0.2, -0.15) is 0 Å². The number of methoxy groups -OCH3 is 1. The molecule has 6 unspecified atom stereocenters. The molecule has 0 aromatic rings. The van der Waals surface area contributed by atoms with Crippen molar-refractivity contribution in [2.45, 2.75) is 125 Å². The van der Waals surface area contributed by atoms with Gasteiger partial charge in [-0.25, -0.2) is 0 Å². The molecule has 35 heavy (non-hydrogen) atoms. The van der Waals surface area contributed by atoms with Crippen LogP contribution in [0.2, 0.25) is 0 Å². The summed E-state index contributed by atoms with van der Waals surface area (Å²) in [5, 5.41) is 21.6. The van der Waals surface area contributed by atoms with Crippen LogP contribution in [0.5, 0.6) is 0 Å². The van der Waals surface area contributed by atoms with Crippen molar-refractivity contribution in [3.8, 4) is 0 Å². The predicted octanol–water partition coefficient (Wildman–Crippen LogP) is 6.33. The minimum atomic E-state index is -0.901. The van der Waals surface area contributed by atoms with Crippen LogP contribution < -0.4 is 0 Å². The molecule has 4 aliphatic rings. The van der Waals surface area contributed by atoms with Crippen molar-refractivity contribution in [1.29, 1.82) is 0 Å². The van der Waals surface area contributed by atoms with Crippen LogP contribution in [0.3, 0.4) is 0 Å². The molecule has 4 heteroatoms. The van der Waals surface area contributed by atoms with E-state index < -0.39 is 17.8 Å². The number of aliphatic hydroxyl groups excluding tert-OH is 2. The fourth-order valence-electron chi connectivity index (χ4n) is 9.72. The minimum absolute atomic E-state index is 0.170. The minimum Gasteiger partial charge on any atom is -0.390 e. The first-order chi connectivity index (χ1) is 16.1. The third-order valence-electron chi connectivity index (χ3n) is 12.5. The van der Waals surface area contributed by atoms with Crippen molar-refractivity contribution >= 4 is 5.78 Å². The number of fused-ring (bicyclic) bond motifs is 5. The van der Waals surface area contributed by atoms with Crippen LogP contribution >= 0.6 is 0 Å². The van der Waals surface area contributed by atoms with Crippen LogP contribution in [0.1, 0.15) is 107 Å². The number of Topliss-reactive ketones (excluding diaryl/α,β-unsaturated/α-hetero) is 1. The van der Waals surface area contributed by atoms with E-state index in [1.54, 1.807) is 12.7 Å². The van der Waals surface area contributed by atoms with Gasteiger partial charge in [-0.1, -0.05) is 53.2 Å². The molecule has 0 saturated heterocycles. The zero-order chi connectivity index (χ0) is 26.2. The smallest absolute Gasteiger partial charge is 0.138 e. The summed E-state index contributed by atoms with van der Waals surface area (Å²) >= 11 is 0. The Labute approximate surface area is 214 Å². The molecule has 3 fully saturated rings. The Balaban J connectivity index is 1.59. The second kappa shape index (κ2) is 8.67. The molecule has 4 nitrogen and oxygen atoms in total. The Bertz CT molecular complexity index is 873. The lowest BCUT2D eigenvalue weighted by molar-refractivity contribution is -0.146. The van der Waals surface area contributed by atoms with Gasteiger partial charge in [-0.15, -0.1) is 0 Å². The Morgan fingerprint density at radius 1 is 1.09 bits per heavy atom. The van der Waals surface area contributed by atoms with Crippen LogP contribution in [0.4, 0.5) is 0 Å². The van der Waals surface area contributed by atoms with Crippen LogP contribution in [0.15, 0.2) is 11.6 Å². The maximum Gasteiger partial charge on any atom is 0.138 e. The first-order valence-corrected chi connectivity index (χ1v) is 14.2. The molecule has 200 valence electrons. The van der Waals surface area contributed by atoms with E-state index in [4.69, 9.17) is 4.74 Å². The maximum atomic E-state index is 12.8. The lowest BCUT2D eigenvalue weighted by Gasteiger charge is -2.63.